The van der Waals surface area contributed by atoms with Crippen LogP contribution < -0.4 is 0 Å². The molecule has 1 N–H and O–H groups in total. The summed E-state index contributed by atoms with van der Waals surface area (Å²) in [6.07, 6.45) is 2.61. The zero-order valence-electron chi connectivity index (χ0n) is 7.70. The average Bonchev–Trinajstić information content (AvgIpc) is 2.67. The number of benzene rings is 1. The molecule has 0 saturated carbocycles. The minimum absolute atomic E-state index is 0.488. The summed E-state index contributed by atoms with van der Waals surface area (Å²) in [5, 5.41) is 0. The maximum atomic E-state index is 5.67. The van der Waals surface area contributed by atoms with Crippen molar-refractivity contribution in [3.05, 3.63) is 53.6 Å². The Balaban J connectivity index is 2.11. The number of H-pyrrole nitrogens is 1. The Bertz CT molecular complexity index is 395. The lowest BCUT2D eigenvalue weighted by Crippen LogP contribution is -1.90. The van der Waals surface area contributed by atoms with E-state index < -0.39 is 0 Å². The van der Waals surface area contributed by atoms with Gasteiger partial charge in [0.25, 0.3) is 0 Å². The molecule has 0 aliphatic heterocycles. The van der Waals surface area contributed by atoms with Gasteiger partial charge < -0.3 is 4.98 Å². The molecule has 0 spiro atoms. The number of hydrogen-bond acceptors (Lipinski definition) is 1. The van der Waals surface area contributed by atoms with Crippen molar-refractivity contribution in [3.63, 3.8) is 0 Å². The summed E-state index contributed by atoms with van der Waals surface area (Å²) in [6.45, 7) is 0. The van der Waals surface area contributed by atoms with E-state index in [0.717, 1.165) is 17.9 Å². The van der Waals surface area contributed by atoms with Gasteiger partial charge in [0.05, 0.1) is 5.88 Å². The van der Waals surface area contributed by atoms with Gasteiger partial charge in [-0.25, -0.2) is 4.98 Å². The zero-order chi connectivity index (χ0) is 9.80. The van der Waals surface area contributed by atoms with Crippen LogP contribution in [0.4, 0.5) is 0 Å². The number of hydrogen-bond donors (Lipinski definition) is 1. The normalized spacial score (nSPS) is 10.4. The lowest BCUT2D eigenvalue weighted by Gasteiger charge is -1.96. The van der Waals surface area contributed by atoms with Gasteiger partial charge in [0.15, 0.2) is 0 Å². The van der Waals surface area contributed by atoms with Gasteiger partial charge in [-0.3, -0.25) is 0 Å². The van der Waals surface area contributed by atoms with Gasteiger partial charge in [0.1, 0.15) is 5.82 Å². The van der Waals surface area contributed by atoms with Crippen LogP contribution in [0.3, 0.4) is 0 Å². The molecule has 0 fully saturated rings. The third kappa shape index (κ3) is 2.15. The number of nitrogens with one attached hydrogen (secondary N) is 1. The van der Waals surface area contributed by atoms with E-state index in [2.05, 4.69) is 22.1 Å². The van der Waals surface area contributed by atoms with E-state index in [-0.39, 0.29) is 0 Å². The molecule has 2 rings (SSSR count). The van der Waals surface area contributed by atoms with E-state index in [9.17, 15) is 0 Å². The summed E-state index contributed by atoms with van der Waals surface area (Å²) in [6, 6.07) is 10.2. The highest BCUT2D eigenvalue weighted by atomic mass is 35.5. The molecule has 3 heteroatoms. The van der Waals surface area contributed by atoms with Crippen LogP contribution >= 0.6 is 11.6 Å². The van der Waals surface area contributed by atoms with Crippen LogP contribution in [0.5, 0.6) is 0 Å². The van der Waals surface area contributed by atoms with E-state index in [1.54, 1.807) is 6.20 Å². The summed E-state index contributed by atoms with van der Waals surface area (Å²) in [5.74, 6) is 1.45. The van der Waals surface area contributed by atoms with E-state index in [4.69, 9.17) is 11.6 Å². The topological polar surface area (TPSA) is 28.7 Å². The number of alkyl halides is 1. The minimum Gasteiger partial charge on any atom is -0.345 e. The molecule has 2 nitrogen and oxygen atoms in total. The van der Waals surface area contributed by atoms with Crippen molar-refractivity contribution in [3.8, 4) is 0 Å². The Morgan fingerprint density at radius 1 is 1.21 bits per heavy atom. The predicted molar refractivity (Wildman–Crippen MR) is 57.4 cm³/mol. The van der Waals surface area contributed by atoms with Gasteiger partial charge in [-0.1, -0.05) is 30.3 Å². The van der Waals surface area contributed by atoms with Crippen molar-refractivity contribution in [2.75, 3.05) is 0 Å². The molecule has 0 aliphatic carbocycles. The molecule has 0 atom stereocenters. The van der Waals surface area contributed by atoms with E-state index in [0.29, 0.717) is 5.88 Å². The number of nitrogens with zero attached hydrogens (tertiary/aromatic N) is 1. The quantitative estimate of drug-likeness (QED) is 0.769. The zero-order valence-corrected chi connectivity index (χ0v) is 8.46. The number of halogens is 1. The summed E-state index contributed by atoms with van der Waals surface area (Å²) < 4.78 is 0. The van der Waals surface area contributed by atoms with E-state index in [1.807, 2.05) is 18.2 Å². The Morgan fingerprint density at radius 2 is 2.00 bits per heavy atom. The van der Waals surface area contributed by atoms with Gasteiger partial charge in [0, 0.05) is 18.3 Å². The second kappa shape index (κ2) is 4.29. The summed E-state index contributed by atoms with van der Waals surface area (Å²) in [5.41, 5.74) is 2.22. The standard InChI is InChI=1S/C11H11ClN2/c12-7-10-8-13-11(14-10)6-9-4-2-1-3-5-9/h1-5,8H,6-7H2,(H,13,14). The largest absolute Gasteiger partial charge is 0.345 e. The molecule has 14 heavy (non-hydrogen) atoms. The monoisotopic (exact) mass is 206 g/mol. The lowest BCUT2D eigenvalue weighted by atomic mass is 10.1. The summed E-state index contributed by atoms with van der Waals surface area (Å²) >= 11 is 5.67. The van der Waals surface area contributed by atoms with Crippen molar-refractivity contribution >= 4 is 11.6 Å². The fourth-order valence-electron chi connectivity index (χ4n) is 1.35. The van der Waals surface area contributed by atoms with Crippen molar-refractivity contribution < 1.29 is 0 Å². The molecule has 0 saturated heterocycles. The second-order valence-electron chi connectivity index (χ2n) is 3.15. The number of imidazole rings is 1. The molecule has 1 aromatic carbocycles. The molecular weight excluding hydrogens is 196 g/mol. The fourth-order valence-corrected chi connectivity index (χ4v) is 1.49. The maximum Gasteiger partial charge on any atom is 0.110 e. The molecule has 0 bridgehead atoms. The molecule has 0 radical (unpaired) electrons. The molecule has 72 valence electrons. The highest BCUT2D eigenvalue weighted by molar-refractivity contribution is 6.16. The highest BCUT2D eigenvalue weighted by Gasteiger charge is 2.00. The Labute approximate surface area is 88.0 Å². The third-order valence-electron chi connectivity index (χ3n) is 2.04. The van der Waals surface area contributed by atoms with Gasteiger partial charge in [0.2, 0.25) is 0 Å². The molecule has 1 aromatic heterocycles. The maximum absolute atomic E-state index is 5.67. The average molecular weight is 207 g/mol. The van der Waals surface area contributed by atoms with Crippen LogP contribution in [0.1, 0.15) is 17.1 Å². The van der Waals surface area contributed by atoms with Crippen molar-refractivity contribution in [1.82, 2.24) is 9.97 Å². The first-order chi connectivity index (χ1) is 6.88. The number of aromatic nitrogens is 2. The smallest absolute Gasteiger partial charge is 0.110 e. The van der Waals surface area contributed by atoms with Gasteiger partial charge in [-0.05, 0) is 5.56 Å². The van der Waals surface area contributed by atoms with Crippen LogP contribution in [0, 0.1) is 0 Å². The SMILES string of the molecule is ClCc1cnc(Cc2ccccc2)[nH]1. The van der Waals surface area contributed by atoms with E-state index in [1.165, 1.54) is 5.56 Å². The Morgan fingerprint density at radius 3 is 2.64 bits per heavy atom. The van der Waals surface area contributed by atoms with Gasteiger partial charge >= 0.3 is 0 Å². The molecular formula is C11H11ClN2. The van der Waals surface area contributed by atoms with Crippen molar-refractivity contribution in [2.24, 2.45) is 0 Å². The van der Waals surface area contributed by atoms with Gasteiger partial charge in [-0.15, -0.1) is 11.6 Å². The first-order valence-electron chi connectivity index (χ1n) is 4.51. The number of aromatic amines is 1. The number of rotatable bonds is 3. The molecule has 2 aromatic rings. The van der Waals surface area contributed by atoms with Crippen LogP contribution in [0.15, 0.2) is 36.5 Å². The molecule has 0 unspecified atom stereocenters. The van der Waals surface area contributed by atoms with Gasteiger partial charge in [-0.2, -0.15) is 0 Å². The van der Waals surface area contributed by atoms with Crippen LogP contribution in [-0.2, 0) is 12.3 Å². The fraction of sp³-hybridized carbons (Fsp3) is 0.182. The van der Waals surface area contributed by atoms with Crippen LogP contribution in [-0.4, -0.2) is 9.97 Å². The van der Waals surface area contributed by atoms with Crippen LogP contribution in [0.25, 0.3) is 0 Å². The molecule has 0 amide bonds. The molecule has 1 heterocycles. The van der Waals surface area contributed by atoms with Crippen molar-refractivity contribution in [1.29, 1.82) is 0 Å². The summed E-state index contributed by atoms with van der Waals surface area (Å²) in [4.78, 5) is 7.41. The Kier molecular flexibility index (Phi) is 2.84. The molecule has 0 aliphatic rings. The second-order valence-corrected chi connectivity index (χ2v) is 3.42. The first-order valence-corrected chi connectivity index (χ1v) is 5.04. The minimum atomic E-state index is 0.488. The first kappa shape index (κ1) is 9.28. The predicted octanol–water partition coefficient (Wildman–Crippen LogP) is 2.74. The van der Waals surface area contributed by atoms with Crippen LogP contribution in [0.2, 0.25) is 0 Å². The Hall–Kier alpha value is -1.28. The lowest BCUT2D eigenvalue weighted by molar-refractivity contribution is 1.01. The van der Waals surface area contributed by atoms with E-state index >= 15 is 0 Å². The third-order valence-corrected chi connectivity index (χ3v) is 2.33. The highest BCUT2D eigenvalue weighted by Crippen LogP contribution is 2.07. The van der Waals surface area contributed by atoms with Crippen molar-refractivity contribution in [2.45, 2.75) is 12.3 Å². The summed E-state index contributed by atoms with van der Waals surface area (Å²) in [7, 11) is 0.